The number of hydrogen-bond acceptors (Lipinski definition) is 3. The zero-order valence-corrected chi connectivity index (χ0v) is 11.3. The number of likely N-dealkylation sites (tertiary alicyclic amines) is 1. The molecule has 0 aromatic heterocycles. The molecule has 3 heteroatoms. The molecule has 0 aliphatic carbocycles. The van der Waals surface area contributed by atoms with Gasteiger partial charge in [0.05, 0.1) is 0 Å². The largest absolute Gasteiger partial charge is 0.453 e. The van der Waals surface area contributed by atoms with Crippen LogP contribution in [0, 0.1) is 5.92 Å². The Morgan fingerprint density at radius 1 is 1.39 bits per heavy atom. The molecule has 1 aliphatic rings. The Bertz CT molecular complexity index is 406. The van der Waals surface area contributed by atoms with Crippen molar-refractivity contribution in [3.8, 4) is 0 Å². The third-order valence-corrected chi connectivity index (χ3v) is 3.47. The molecule has 18 heavy (non-hydrogen) atoms. The van der Waals surface area contributed by atoms with E-state index in [1.807, 2.05) is 18.2 Å². The first-order valence-electron chi connectivity index (χ1n) is 6.45. The molecule has 1 aromatic carbocycles. The molecule has 0 saturated carbocycles. The monoisotopic (exact) mass is 247 g/mol. The van der Waals surface area contributed by atoms with Crippen LogP contribution in [0.15, 0.2) is 30.3 Å². The van der Waals surface area contributed by atoms with E-state index in [1.165, 1.54) is 6.92 Å². The van der Waals surface area contributed by atoms with E-state index in [-0.39, 0.29) is 5.97 Å². The van der Waals surface area contributed by atoms with Gasteiger partial charge in [0.15, 0.2) is 0 Å². The number of nitrogens with zero attached hydrogens (tertiary/aromatic N) is 1. The summed E-state index contributed by atoms with van der Waals surface area (Å²) >= 11 is 0. The van der Waals surface area contributed by atoms with Crippen LogP contribution >= 0.6 is 0 Å². The van der Waals surface area contributed by atoms with Crippen LogP contribution in [0.4, 0.5) is 0 Å². The average Bonchev–Trinajstić information content (AvgIpc) is 2.27. The summed E-state index contributed by atoms with van der Waals surface area (Å²) < 4.78 is 5.73. The van der Waals surface area contributed by atoms with Crippen molar-refractivity contribution in [1.82, 2.24) is 4.90 Å². The summed E-state index contributed by atoms with van der Waals surface area (Å²) in [4.78, 5) is 13.7. The van der Waals surface area contributed by atoms with E-state index in [0.29, 0.717) is 5.92 Å². The lowest BCUT2D eigenvalue weighted by Gasteiger charge is -2.43. The Kier molecular flexibility index (Phi) is 3.71. The molecule has 0 unspecified atom stereocenters. The van der Waals surface area contributed by atoms with Crippen molar-refractivity contribution in [1.29, 1.82) is 0 Å². The second-order valence-corrected chi connectivity index (χ2v) is 5.46. The lowest BCUT2D eigenvalue weighted by atomic mass is 9.81. The van der Waals surface area contributed by atoms with Crippen molar-refractivity contribution in [3.63, 3.8) is 0 Å². The first kappa shape index (κ1) is 13.1. The van der Waals surface area contributed by atoms with Gasteiger partial charge in [-0.25, -0.2) is 0 Å². The molecular formula is C15H21NO2. The van der Waals surface area contributed by atoms with Crippen LogP contribution in [0.1, 0.15) is 25.8 Å². The third-order valence-electron chi connectivity index (χ3n) is 3.47. The van der Waals surface area contributed by atoms with Gasteiger partial charge < -0.3 is 9.64 Å². The van der Waals surface area contributed by atoms with Crippen molar-refractivity contribution in [2.45, 2.75) is 25.9 Å². The number of carbonyl (C=O) groups is 1. The fourth-order valence-electron chi connectivity index (χ4n) is 3.08. The molecule has 0 N–H and O–H groups in total. The second-order valence-electron chi connectivity index (χ2n) is 5.46. The number of benzene rings is 1. The van der Waals surface area contributed by atoms with Gasteiger partial charge >= 0.3 is 5.97 Å². The zero-order valence-electron chi connectivity index (χ0n) is 11.3. The molecule has 1 saturated heterocycles. The van der Waals surface area contributed by atoms with Gasteiger partial charge in [-0.3, -0.25) is 4.79 Å². The van der Waals surface area contributed by atoms with E-state index in [4.69, 9.17) is 4.74 Å². The molecule has 2 atom stereocenters. The second kappa shape index (κ2) is 5.11. The van der Waals surface area contributed by atoms with E-state index in [0.717, 1.165) is 25.1 Å². The highest BCUT2D eigenvalue weighted by molar-refractivity contribution is 5.67. The Labute approximate surface area is 109 Å². The maximum absolute atomic E-state index is 11.5. The van der Waals surface area contributed by atoms with E-state index in [1.54, 1.807) is 0 Å². The normalized spacial score (nSPS) is 28.9. The number of carbonyl (C=O) groups excluding carboxylic acids is 1. The Morgan fingerprint density at radius 3 is 2.61 bits per heavy atom. The Hall–Kier alpha value is -1.35. The molecule has 1 aromatic rings. The Balaban J connectivity index is 2.37. The van der Waals surface area contributed by atoms with Crippen LogP contribution in [0.3, 0.4) is 0 Å². The summed E-state index contributed by atoms with van der Waals surface area (Å²) in [7, 11) is 2.08. The predicted octanol–water partition coefficient (Wildman–Crippen LogP) is 2.42. The number of hydrogen-bond donors (Lipinski definition) is 0. The zero-order chi connectivity index (χ0) is 13.2. The van der Waals surface area contributed by atoms with Crippen LogP contribution in [0.5, 0.6) is 0 Å². The standard InChI is InChI=1S/C15H21NO2/c1-12-9-15(18-13(2)17,11-16(3)10-12)14-7-5-4-6-8-14/h4-8,12H,9-11H2,1-3H3/t12-,15-/m0/s1. The van der Waals surface area contributed by atoms with E-state index >= 15 is 0 Å². The average molecular weight is 247 g/mol. The minimum atomic E-state index is -0.487. The quantitative estimate of drug-likeness (QED) is 0.752. The number of ether oxygens (including phenoxy) is 1. The van der Waals surface area contributed by atoms with Crippen LogP contribution in [-0.2, 0) is 15.1 Å². The Morgan fingerprint density at radius 2 is 2.06 bits per heavy atom. The van der Waals surface area contributed by atoms with Gasteiger partial charge in [-0.1, -0.05) is 37.3 Å². The van der Waals surface area contributed by atoms with Crippen molar-refractivity contribution in [2.75, 3.05) is 20.1 Å². The SMILES string of the molecule is CC(=O)O[C@@]1(c2ccccc2)C[C@H](C)CN(C)C1. The molecule has 1 fully saturated rings. The van der Waals surface area contributed by atoms with Gasteiger partial charge in [-0.2, -0.15) is 0 Å². The van der Waals surface area contributed by atoms with Crippen molar-refractivity contribution < 1.29 is 9.53 Å². The topological polar surface area (TPSA) is 29.5 Å². The predicted molar refractivity (Wildman–Crippen MR) is 71.2 cm³/mol. The summed E-state index contributed by atoms with van der Waals surface area (Å²) in [5, 5.41) is 0. The molecule has 0 radical (unpaired) electrons. The van der Waals surface area contributed by atoms with Gasteiger partial charge in [0.2, 0.25) is 0 Å². The van der Waals surface area contributed by atoms with Crippen molar-refractivity contribution in [2.24, 2.45) is 5.92 Å². The first-order chi connectivity index (χ1) is 8.52. The molecule has 2 rings (SSSR count). The van der Waals surface area contributed by atoms with E-state index in [9.17, 15) is 4.79 Å². The molecule has 1 heterocycles. The van der Waals surface area contributed by atoms with Crippen molar-refractivity contribution >= 4 is 5.97 Å². The molecule has 3 nitrogen and oxygen atoms in total. The molecule has 0 bridgehead atoms. The van der Waals surface area contributed by atoms with Gasteiger partial charge in [0.25, 0.3) is 0 Å². The summed E-state index contributed by atoms with van der Waals surface area (Å²) in [6.45, 7) is 5.51. The summed E-state index contributed by atoms with van der Waals surface area (Å²) in [5.74, 6) is 0.310. The van der Waals surface area contributed by atoms with Crippen LogP contribution in [0.25, 0.3) is 0 Å². The van der Waals surface area contributed by atoms with E-state index < -0.39 is 5.60 Å². The fraction of sp³-hybridized carbons (Fsp3) is 0.533. The third kappa shape index (κ3) is 2.72. The highest BCUT2D eigenvalue weighted by atomic mass is 16.6. The molecule has 98 valence electrons. The minimum Gasteiger partial charge on any atom is -0.453 e. The highest BCUT2D eigenvalue weighted by Crippen LogP contribution is 2.37. The van der Waals surface area contributed by atoms with Crippen molar-refractivity contribution in [3.05, 3.63) is 35.9 Å². The van der Waals surface area contributed by atoms with Gasteiger partial charge in [0, 0.05) is 20.0 Å². The molecule has 1 aliphatic heterocycles. The highest BCUT2D eigenvalue weighted by Gasteiger charge is 2.41. The molecular weight excluding hydrogens is 226 g/mol. The van der Waals surface area contributed by atoms with E-state index in [2.05, 4.69) is 31.0 Å². The lowest BCUT2D eigenvalue weighted by Crippen LogP contribution is -2.49. The maximum Gasteiger partial charge on any atom is 0.303 e. The van der Waals surface area contributed by atoms with Crippen LogP contribution < -0.4 is 0 Å². The summed E-state index contributed by atoms with van der Waals surface area (Å²) in [6, 6.07) is 10.1. The van der Waals surface area contributed by atoms with Gasteiger partial charge in [-0.05, 0) is 24.9 Å². The smallest absolute Gasteiger partial charge is 0.303 e. The molecule has 0 spiro atoms. The summed E-state index contributed by atoms with van der Waals surface area (Å²) in [6.07, 6.45) is 0.890. The number of esters is 1. The molecule has 0 amide bonds. The maximum atomic E-state index is 11.5. The van der Waals surface area contributed by atoms with Gasteiger partial charge in [-0.15, -0.1) is 0 Å². The number of likely N-dealkylation sites (N-methyl/N-ethyl adjacent to an activating group) is 1. The fourth-order valence-corrected chi connectivity index (χ4v) is 3.08. The van der Waals surface area contributed by atoms with Gasteiger partial charge in [0.1, 0.15) is 5.60 Å². The first-order valence-corrected chi connectivity index (χ1v) is 6.45. The summed E-state index contributed by atoms with van der Waals surface area (Å²) in [5.41, 5.74) is 0.609. The lowest BCUT2D eigenvalue weighted by molar-refractivity contribution is -0.166. The minimum absolute atomic E-state index is 0.207. The van der Waals surface area contributed by atoms with Crippen LogP contribution in [0.2, 0.25) is 0 Å². The number of rotatable bonds is 2. The number of piperidine rings is 1. The van der Waals surface area contributed by atoms with Crippen LogP contribution in [-0.4, -0.2) is 31.0 Å².